The van der Waals surface area contributed by atoms with Crippen molar-refractivity contribution in [2.75, 3.05) is 20.3 Å². The fraction of sp³-hybridized carbons (Fsp3) is 0.828. The van der Waals surface area contributed by atoms with E-state index in [1.807, 2.05) is 31.2 Å². The van der Waals surface area contributed by atoms with Crippen molar-refractivity contribution >= 4 is 23.8 Å². The molecule has 2 fully saturated rings. The van der Waals surface area contributed by atoms with Crippen LogP contribution in [0.25, 0.3) is 0 Å². The number of aliphatic hydroxyl groups is 1. The molecule has 1 amide bonds. The Morgan fingerprint density at radius 1 is 0.676 bits per heavy atom. The number of rotatable bonds is 35. The average Bonchev–Trinajstić information content (AvgIpc) is 3.35. The highest BCUT2D eigenvalue weighted by molar-refractivity contribution is 5.78. The second-order valence-corrected chi connectivity index (χ2v) is 20.2. The molecule has 0 radical (unpaired) electrons. The van der Waals surface area contributed by atoms with E-state index in [4.69, 9.17) is 33.2 Å². The van der Waals surface area contributed by atoms with E-state index in [0.717, 1.165) is 44.1 Å². The van der Waals surface area contributed by atoms with Crippen molar-refractivity contribution in [1.82, 2.24) is 5.32 Å². The van der Waals surface area contributed by atoms with Gasteiger partial charge in [0, 0.05) is 19.3 Å². The van der Waals surface area contributed by atoms with E-state index < -0.39 is 66.7 Å². The maximum atomic E-state index is 13.9. The van der Waals surface area contributed by atoms with E-state index in [2.05, 4.69) is 19.2 Å². The molecule has 3 rings (SSSR count). The Bertz CT molecular complexity index is 1530. The first-order chi connectivity index (χ1) is 34.1. The van der Waals surface area contributed by atoms with Crippen LogP contribution in [0.2, 0.25) is 0 Å². The molecular formula is C58H101NO12. The summed E-state index contributed by atoms with van der Waals surface area (Å²) in [5.74, 6) is -1.96. The number of carbonyl (C=O) groups excluding carboxylic acids is 4. The van der Waals surface area contributed by atoms with E-state index in [9.17, 15) is 24.3 Å². The lowest BCUT2D eigenvalue weighted by molar-refractivity contribution is -0.301. The molecule has 2 aliphatic rings. The quantitative estimate of drug-likeness (QED) is 0.0376. The van der Waals surface area contributed by atoms with Crippen LogP contribution in [-0.4, -0.2) is 92.1 Å². The first kappa shape index (κ1) is 63.9. The van der Waals surface area contributed by atoms with Gasteiger partial charge in [-0.25, -0.2) is 0 Å². The summed E-state index contributed by atoms with van der Waals surface area (Å²) in [5.41, 5.74) is 0.858. The van der Waals surface area contributed by atoms with Gasteiger partial charge >= 0.3 is 17.9 Å². The molecule has 8 atom stereocenters. The lowest BCUT2D eigenvalue weighted by Crippen LogP contribution is -2.58. The molecule has 13 heteroatoms. The van der Waals surface area contributed by atoms with E-state index in [0.29, 0.717) is 25.0 Å². The molecule has 3 unspecified atom stereocenters. The van der Waals surface area contributed by atoms with Gasteiger partial charge in [-0.3, -0.25) is 19.2 Å². The summed E-state index contributed by atoms with van der Waals surface area (Å²) in [5, 5.41) is 14.6. The zero-order valence-electron chi connectivity index (χ0n) is 44.4. The van der Waals surface area contributed by atoms with Crippen molar-refractivity contribution in [2.45, 2.75) is 284 Å². The van der Waals surface area contributed by atoms with Gasteiger partial charge < -0.3 is 43.6 Å². The number of methoxy groups -OCH3 is 1. The molecule has 1 aromatic carbocycles. The van der Waals surface area contributed by atoms with Gasteiger partial charge in [-0.15, -0.1) is 0 Å². The third kappa shape index (κ3) is 28.1. The number of hydrogen-bond acceptors (Lipinski definition) is 12. The van der Waals surface area contributed by atoms with Crippen LogP contribution in [0.1, 0.15) is 240 Å². The Kier molecular flexibility index (Phi) is 36.1. The molecule has 2 heterocycles. The second-order valence-electron chi connectivity index (χ2n) is 20.2. The Hall–Kier alpha value is -3.26. The van der Waals surface area contributed by atoms with E-state index in [1.54, 1.807) is 7.11 Å². The highest BCUT2D eigenvalue weighted by Crippen LogP contribution is 2.32. The van der Waals surface area contributed by atoms with Crippen molar-refractivity contribution in [2.24, 2.45) is 5.92 Å². The maximum absolute atomic E-state index is 13.9. The molecule has 1 aromatic rings. The number of ether oxygens (including phenoxy) is 7. The van der Waals surface area contributed by atoms with Gasteiger partial charge in [-0.1, -0.05) is 201 Å². The summed E-state index contributed by atoms with van der Waals surface area (Å²) in [7, 11) is 1.60. The number of esters is 3. The largest absolute Gasteiger partial charge is 0.497 e. The fourth-order valence-electron chi connectivity index (χ4n) is 9.65. The molecule has 0 spiro atoms. The second kappa shape index (κ2) is 40.2. The minimum atomic E-state index is -1.11. The van der Waals surface area contributed by atoms with E-state index in [1.165, 1.54) is 129 Å². The third-order valence-electron chi connectivity index (χ3n) is 14.0. The summed E-state index contributed by atoms with van der Waals surface area (Å²) in [4.78, 5) is 53.3. The molecule has 410 valence electrons. The molecule has 0 aliphatic carbocycles. The van der Waals surface area contributed by atoms with E-state index >= 15 is 0 Å². The number of fused-ring (bicyclic) bond motifs is 2. The Morgan fingerprint density at radius 3 is 1.68 bits per heavy atom. The number of nitrogens with one attached hydrogen (secondary N) is 1. The molecule has 0 aromatic heterocycles. The van der Waals surface area contributed by atoms with Crippen LogP contribution in [0, 0.1) is 5.92 Å². The molecule has 2 saturated heterocycles. The fourth-order valence-corrected chi connectivity index (χ4v) is 9.65. The summed E-state index contributed by atoms with van der Waals surface area (Å²) in [6.45, 7) is 7.31. The number of hydrogen-bond donors (Lipinski definition) is 2. The molecule has 2 bridgehead atoms. The van der Waals surface area contributed by atoms with Crippen LogP contribution in [0.5, 0.6) is 5.75 Å². The highest BCUT2D eigenvalue weighted by Gasteiger charge is 2.46. The van der Waals surface area contributed by atoms with E-state index in [-0.39, 0.29) is 52.4 Å². The van der Waals surface area contributed by atoms with Crippen molar-refractivity contribution in [3.05, 3.63) is 29.8 Å². The van der Waals surface area contributed by atoms with Gasteiger partial charge in [0.05, 0.1) is 45.3 Å². The SMILES string of the molecule is C.CCCCCCCCCCCCCCCCCC(=O)N[C@H]1COC2OC(COC(=O)CCC(=O)O[C@H](CCCCCCCCCCCCCC)[C@H]1OC(C)=O)[C@@H](O)[C@H](C)C2OCc1ccc(OC)cc1. The van der Waals surface area contributed by atoms with Crippen LogP contribution in [0.15, 0.2) is 24.3 Å². The topological polar surface area (TPSA) is 165 Å². The van der Waals surface area contributed by atoms with Crippen LogP contribution in [0.3, 0.4) is 0 Å². The molecule has 2 aliphatic heterocycles. The van der Waals surface area contributed by atoms with Gasteiger partial charge in [0.1, 0.15) is 30.7 Å². The number of aliphatic hydroxyl groups excluding tert-OH is 1. The highest BCUT2D eigenvalue weighted by atomic mass is 16.7. The molecular weight excluding hydrogens is 903 g/mol. The molecule has 71 heavy (non-hydrogen) atoms. The normalized spacial score (nSPS) is 23.1. The van der Waals surface area contributed by atoms with Crippen molar-refractivity contribution in [3.8, 4) is 5.75 Å². The summed E-state index contributed by atoms with van der Waals surface area (Å²) >= 11 is 0. The van der Waals surface area contributed by atoms with Crippen molar-refractivity contribution < 1.29 is 57.4 Å². The monoisotopic (exact) mass is 1000 g/mol. The summed E-state index contributed by atoms with van der Waals surface area (Å²) in [6, 6.07) is 6.49. The van der Waals surface area contributed by atoms with Crippen molar-refractivity contribution in [3.63, 3.8) is 0 Å². The lowest BCUT2D eigenvalue weighted by atomic mass is 9.90. The van der Waals surface area contributed by atoms with Gasteiger partial charge in [0.25, 0.3) is 0 Å². The number of cyclic esters (lactones) is 2. The average molecular weight is 1000 g/mol. The van der Waals surface area contributed by atoms with Crippen LogP contribution < -0.4 is 10.1 Å². The number of unbranched alkanes of at least 4 members (excludes halogenated alkanes) is 25. The number of amides is 1. The van der Waals surface area contributed by atoms with Gasteiger partial charge in [0.15, 0.2) is 12.4 Å². The van der Waals surface area contributed by atoms with Gasteiger partial charge in [-0.2, -0.15) is 0 Å². The Labute approximate surface area is 430 Å². The minimum absolute atomic E-state index is 0. The first-order valence-corrected chi connectivity index (χ1v) is 28.1. The smallest absolute Gasteiger partial charge is 0.306 e. The first-order valence-electron chi connectivity index (χ1n) is 28.1. The third-order valence-corrected chi connectivity index (χ3v) is 14.0. The van der Waals surface area contributed by atoms with Crippen LogP contribution >= 0.6 is 0 Å². The van der Waals surface area contributed by atoms with Gasteiger partial charge in [-0.05, 0) is 37.0 Å². The minimum Gasteiger partial charge on any atom is -0.497 e. The van der Waals surface area contributed by atoms with Gasteiger partial charge in [0.2, 0.25) is 5.91 Å². The summed E-state index contributed by atoms with van der Waals surface area (Å²) in [6.07, 6.45) is 26.2. The molecule has 13 nitrogen and oxygen atoms in total. The van der Waals surface area contributed by atoms with Crippen LogP contribution in [-0.2, 0) is 54.2 Å². The van der Waals surface area contributed by atoms with Crippen LogP contribution in [0.4, 0.5) is 0 Å². The molecule has 2 N–H and O–H groups in total. The number of carbonyl (C=O) groups is 4. The Morgan fingerprint density at radius 2 is 1.17 bits per heavy atom. The van der Waals surface area contributed by atoms with Crippen molar-refractivity contribution in [1.29, 1.82) is 0 Å². The zero-order chi connectivity index (χ0) is 50.6. The zero-order valence-corrected chi connectivity index (χ0v) is 44.4. The molecule has 0 saturated carbocycles. The standard InChI is InChI=1S/C57H97NO12.CH4/c1-6-8-10-12-14-16-18-20-21-22-24-26-28-30-32-34-51(60)58-48-42-67-57-55(66-41-46-35-37-47(64-5)38-36-46)44(3)54(63)50(70-57)43-65-52(61)39-40-53(62)69-49(56(48)68-45(4)59)33-31-29-27-25-23-19-17-15-13-11-9-7-2;/h35-38,44,48-50,54-57,63H,6-34,39-43H2,1-5H3,(H,58,60);1H4/t44-,48-,49+,50?,54-,55?,56-,57?;/m0./s1. The maximum Gasteiger partial charge on any atom is 0.306 e. The summed E-state index contributed by atoms with van der Waals surface area (Å²) < 4.78 is 42.3. The number of benzene rings is 1. The lowest BCUT2D eigenvalue weighted by Gasteiger charge is -2.43. The Balaban J connectivity index is 0.0000173. The predicted molar refractivity (Wildman–Crippen MR) is 281 cm³/mol. The predicted octanol–water partition coefficient (Wildman–Crippen LogP) is 13.0.